The Labute approximate surface area is 532 Å². The minimum atomic E-state index is -1.67. The monoisotopic (exact) mass is 1300 g/mol. The first kappa shape index (κ1) is 81.4. The summed E-state index contributed by atoms with van der Waals surface area (Å²) in [5.41, 5.74) is 0. The second-order valence-corrected chi connectivity index (χ2v) is 25.1. The number of hydrogen-bond donors (Lipinski definition) is 12. The molecule has 0 aromatic heterocycles. The first-order chi connectivity index (χ1) is 42.8. The van der Waals surface area contributed by atoms with Crippen molar-refractivity contribution in [1.82, 2.24) is 0 Å². The Balaban J connectivity index is 0.000000470. The van der Waals surface area contributed by atoms with E-state index in [1.807, 2.05) is 0 Å². The second kappa shape index (κ2) is 44.0. The molecular formula is C64H116O26. The van der Waals surface area contributed by atoms with Crippen LogP contribution >= 0.6 is 0 Å². The largest absolute Gasteiger partial charge is 0.481 e. The van der Waals surface area contributed by atoms with Gasteiger partial charge in [0.25, 0.3) is 0 Å². The van der Waals surface area contributed by atoms with Crippen LogP contribution in [0.1, 0.15) is 235 Å². The van der Waals surface area contributed by atoms with Gasteiger partial charge in [0.1, 0.15) is 85.5 Å². The minimum absolute atomic E-state index is 0.205. The van der Waals surface area contributed by atoms with Crippen LogP contribution in [0.15, 0.2) is 0 Å². The molecule has 26 nitrogen and oxygen atoms in total. The summed E-state index contributed by atoms with van der Waals surface area (Å²) in [4.78, 5) is 49.2. The molecule has 90 heavy (non-hydrogen) atoms. The molecular weight excluding hydrogens is 1180 g/mol. The summed E-state index contributed by atoms with van der Waals surface area (Å²) in [7, 11) is 0. The number of carboxylic acids is 2. The van der Waals surface area contributed by atoms with Gasteiger partial charge in [-0.05, 0) is 66.2 Å². The molecule has 0 spiro atoms. The van der Waals surface area contributed by atoms with Crippen molar-refractivity contribution in [3.8, 4) is 0 Å². The number of carbonyl (C=O) groups is 4. The standard InChI is InChI=1S/2C32H58O13/c2*1-5-7-9-11-13-15-21(17-23(33)34)43-24(35)18-22(16-14-12-10-8-6-2)44-32-30(28(39)26(37)20(4)42-32)45-31-29(40)27(38)25(36)19(3)41-31/h2*19-22,25-32,36-40H,5-18H2,1-4H3,(H,33,34). The van der Waals surface area contributed by atoms with Crippen molar-refractivity contribution in [1.29, 1.82) is 0 Å². The molecule has 4 aliphatic heterocycles. The van der Waals surface area contributed by atoms with Crippen LogP contribution in [0, 0.1) is 0 Å². The van der Waals surface area contributed by atoms with Gasteiger partial charge in [0.05, 0.1) is 62.3 Å². The summed E-state index contributed by atoms with van der Waals surface area (Å²) in [6.07, 6.45) is -10.1. The summed E-state index contributed by atoms with van der Waals surface area (Å²) in [6.45, 7) is 14.5. The van der Waals surface area contributed by atoms with Crippen LogP contribution in [0.2, 0.25) is 0 Å². The van der Waals surface area contributed by atoms with Gasteiger partial charge in [0, 0.05) is 0 Å². The Bertz CT molecular complexity index is 1820. The average Bonchev–Trinajstić information content (AvgIpc) is 0.901. The van der Waals surface area contributed by atoms with E-state index in [9.17, 15) is 80.5 Å². The summed E-state index contributed by atoms with van der Waals surface area (Å²) in [5, 5.41) is 123. The number of ether oxygens (including phenoxy) is 10. The molecule has 0 aliphatic carbocycles. The lowest BCUT2D eigenvalue weighted by atomic mass is 9.97. The van der Waals surface area contributed by atoms with Gasteiger partial charge in [-0.3, -0.25) is 19.2 Å². The Kier molecular flexibility index (Phi) is 39.8. The number of aliphatic hydroxyl groups is 10. The predicted molar refractivity (Wildman–Crippen MR) is 324 cm³/mol. The van der Waals surface area contributed by atoms with Crippen molar-refractivity contribution < 1.29 is 128 Å². The highest BCUT2D eigenvalue weighted by Crippen LogP contribution is 2.34. The van der Waals surface area contributed by atoms with Gasteiger partial charge in [-0.25, -0.2) is 0 Å². The van der Waals surface area contributed by atoms with E-state index in [0.717, 1.165) is 128 Å². The highest BCUT2D eigenvalue weighted by Gasteiger charge is 2.52. The third-order valence-electron chi connectivity index (χ3n) is 17.1. The minimum Gasteiger partial charge on any atom is -0.481 e. The second-order valence-electron chi connectivity index (χ2n) is 25.1. The number of unbranched alkanes of at least 4 members (excludes halogenated alkanes) is 16. The molecule has 24 atom stereocenters. The molecule has 0 saturated carbocycles. The molecule has 4 heterocycles. The molecule has 12 N–H and O–H groups in total. The van der Waals surface area contributed by atoms with Gasteiger partial charge >= 0.3 is 23.9 Å². The smallest absolute Gasteiger partial charge is 0.308 e. The number of hydrogen-bond acceptors (Lipinski definition) is 24. The third-order valence-corrected chi connectivity index (χ3v) is 17.1. The fourth-order valence-electron chi connectivity index (χ4n) is 11.4. The van der Waals surface area contributed by atoms with Crippen molar-refractivity contribution in [2.24, 2.45) is 0 Å². The summed E-state index contributed by atoms with van der Waals surface area (Å²) in [6, 6.07) is 0. The van der Waals surface area contributed by atoms with Gasteiger partial charge in [0.2, 0.25) is 0 Å². The van der Waals surface area contributed by atoms with E-state index in [1.54, 1.807) is 13.8 Å². The maximum Gasteiger partial charge on any atom is 0.308 e. The quantitative estimate of drug-likeness (QED) is 0.0279. The number of rotatable bonds is 42. The zero-order chi connectivity index (χ0) is 67.0. The lowest BCUT2D eigenvalue weighted by Crippen LogP contribution is -2.63. The Morgan fingerprint density at radius 2 is 0.578 bits per heavy atom. The van der Waals surface area contributed by atoms with Crippen molar-refractivity contribution in [2.45, 2.75) is 382 Å². The van der Waals surface area contributed by atoms with Crippen LogP contribution in [-0.4, -0.2) is 232 Å². The Morgan fingerprint density at radius 3 is 0.856 bits per heavy atom. The Hall–Kier alpha value is -2.84. The van der Waals surface area contributed by atoms with E-state index in [-0.39, 0.29) is 25.7 Å². The van der Waals surface area contributed by atoms with E-state index in [2.05, 4.69) is 27.7 Å². The zero-order valence-corrected chi connectivity index (χ0v) is 54.7. The molecule has 0 amide bonds. The number of aliphatic hydroxyl groups excluding tert-OH is 10. The van der Waals surface area contributed by atoms with Gasteiger partial charge in [-0.2, -0.15) is 0 Å². The van der Waals surface area contributed by atoms with Gasteiger partial charge in [0.15, 0.2) is 25.2 Å². The van der Waals surface area contributed by atoms with Gasteiger partial charge < -0.3 is 109 Å². The predicted octanol–water partition coefficient (Wildman–Crippen LogP) is 5.10. The lowest BCUT2D eigenvalue weighted by molar-refractivity contribution is -0.366. The molecule has 0 aromatic carbocycles. The maximum absolute atomic E-state index is 13.1. The fraction of sp³-hybridized carbons (Fsp3) is 0.938. The number of esters is 2. The van der Waals surface area contributed by atoms with Crippen LogP contribution < -0.4 is 0 Å². The van der Waals surface area contributed by atoms with Crippen LogP contribution in [0.25, 0.3) is 0 Å². The van der Waals surface area contributed by atoms with E-state index >= 15 is 0 Å². The first-order valence-electron chi connectivity index (χ1n) is 33.6. The van der Waals surface area contributed by atoms with Gasteiger partial charge in [-0.15, -0.1) is 0 Å². The SMILES string of the molecule is CCCCCCCC(CC(=O)O)OC(=O)CC(CCCCCCC)OC1OC(C)C(O)C(O)C1OC1OC(C)C(O)C(O)C1O.CCCCCCCC(CC(=O)O)OC(=O)CC(CCCCCCC)OC1OC(C)C(O)C(O)C1OC1OC(C)C(O)C(O)C1O. The Morgan fingerprint density at radius 1 is 0.322 bits per heavy atom. The fourth-order valence-corrected chi connectivity index (χ4v) is 11.4. The van der Waals surface area contributed by atoms with Crippen molar-refractivity contribution in [3.05, 3.63) is 0 Å². The molecule has 0 radical (unpaired) electrons. The molecule has 0 bridgehead atoms. The van der Waals surface area contributed by atoms with Crippen molar-refractivity contribution in [3.63, 3.8) is 0 Å². The normalized spacial score (nSPS) is 33.4. The molecule has 24 unspecified atom stereocenters. The highest BCUT2D eigenvalue weighted by atomic mass is 16.8. The number of aliphatic carboxylic acids is 2. The third kappa shape index (κ3) is 28.6. The van der Waals surface area contributed by atoms with Crippen molar-refractivity contribution in [2.75, 3.05) is 0 Å². The molecule has 0 aromatic rings. The summed E-state index contributed by atoms with van der Waals surface area (Å²) < 4.78 is 58.2. The molecule has 528 valence electrons. The number of carbonyl (C=O) groups excluding carboxylic acids is 2. The van der Waals surface area contributed by atoms with E-state index in [1.165, 1.54) is 13.8 Å². The zero-order valence-electron chi connectivity index (χ0n) is 54.7. The van der Waals surface area contributed by atoms with E-state index in [0.29, 0.717) is 25.7 Å². The van der Waals surface area contributed by atoms with Crippen molar-refractivity contribution >= 4 is 23.9 Å². The first-order valence-corrected chi connectivity index (χ1v) is 33.6. The maximum atomic E-state index is 13.1. The van der Waals surface area contributed by atoms with Crippen LogP contribution in [0.5, 0.6) is 0 Å². The summed E-state index contributed by atoms with van der Waals surface area (Å²) >= 11 is 0. The molecule has 4 fully saturated rings. The van der Waals surface area contributed by atoms with Crippen LogP contribution in [-0.2, 0) is 66.5 Å². The van der Waals surface area contributed by atoms with Gasteiger partial charge in [-0.1, -0.05) is 143 Å². The lowest BCUT2D eigenvalue weighted by Gasteiger charge is -2.46. The van der Waals surface area contributed by atoms with E-state index in [4.69, 9.17) is 47.4 Å². The van der Waals surface area contributed by atoms with E-state index < -0.39 is 171 Å². The average molecular weight is 1300 g/mol. The topological polar surface area (TPSA) is 403 Å². The molecule has 4 saturated heterocycles. The molecule has 4 rings (SSSR count). The summed E-state index contributed by atoms with van der Waals surface area (Å²) in [5.74, 6) is -3.35. The molecule has 26 heteroatoms. The molecule has 4 aliphatic rings. The van der Waals surface area contributed by atoms with Crippen LogP contribution in [0.3, 0.4) is 0 Å². The number of carboxylic acid groups (broad SMARTS) is 2. The highest BCUT2D eigenvalue weighted by molar-refractivity contribution is 5.72. The van der Waals surface area contributed by atoms with Crippen LogP contribution in [0.4, 0.5) is 0 Å².